The average molecular weight is 349 g/mol. The molecule has 0 spiro atoms. The molecular weight excluding hydrogens is 341 g/mol. The zero-order valence-corrected chi connectivity index (χ0v) is 11.4. The predicted octanol–water partition coefficient (Wildman–Crippen LogP) is 3.38. The van der Waals surface area contributed by atoms with Gasteiger partial charge in [0.15, 0.2) is 0 Å². The smallest absolute Gasteiger partial charge is 0.344 e. The SMILES string of the molecule is N#Cc1ccc(OC(=O)c2ccccc2I)cc1. The van der Waals surface area contributed by atoms with Crippen molar-refractivity contribution < 1.29 is 9.53 Å². The van der Waals surface area contributed by atoms with Crippen LogP contribution in [0.5, 0.6) is 5.75 Å². The molecule has 0 aliphatic rings. The van der Waals surface area contributed by atoms with Gasteiger partial charge in [0.25, 0.3) is 0 Å². The van der Waals surface area contributed by atoms with Gasteiger partial charge in [0, 0.05) is 3.57 Å². The number of carbonyl (C=O) groups excluding carboxylic acids is 1. The molecule has 2 aromatic rings. The van der Waals surface area contributed by atoms with E-state index in [0.717, 1.165) is 3.57 Å². The van der Waals surface area contributed by atoms with E-state index in [1.165, 1.54) is 0 Å². The average Bonchev–Trinajstić information content (AvgIpc) is 2.40. The van der Waals surface area contributed by atoms with Crippen molar-refractivity contribution in [1.82, 2.24) is 0 Å². The lowest BCUT2D eigenvalue weighted by molar-refractivity contribution is 0.0733. The highest BCUT2D eigenvalue weighted by Crippen LogP contribution is 2.17. The minimum absolute atomic E-state index is 0.398. The van der Waals surface area contributed by atoms with E-state index in [1.807, 2.05) is 18.2 Å². The van der Waals surface area contributed by atoms with Crippen LogP contribution in [0.2, 0.25) is 0 Å². The molecule has 0 unspecified atom stereocenters. The van der Waals surface area contributed by atoms with Crippen molar-refractivity contribution in [2.75, 3.05) is 0 Å². The summed E-state index contributed by atoms with van der Waals surface area (Å²) in [6.45, 7) is 0. The van der Waals surface area contributed by atoms with Gasteiger partial charge in [-0.25, -0.2) is 4.79 Å². The van der Waals surface area contributed by atoms with E-state index in [2.05, 4.69) is 22.6 Å². The summed E-state index contributed by atoms with van der Waals surface area (Å²) in [6, 6.07) is 15.6. The minimum Gasteiger partial charge on any atom is -0.423 e. The largest absolute Gasteiger partial charge is 0.423 e. The number of nitriles is 1. The second-order valence-electron chi connectivity index (χ2n) is 3.51. The first-order valence-corrected chi connectivity index (χ1v) is 6.25. The molecule has 0 fully saturated rings. The van der Waals surface area contributed by atoms with Gasteiger partial charge >= 0.3 is 5.97 Å². The molecule has 0 aliphatic carbocycles. The number of nitrogens with zero attached hydrogens (tertiary/aromatic N) is 1. The van der Waals surface area contributed by atoms with Crippen LogP contribution >= 0.6 is 22.6 Å². The minimum atomic E-state index is -0.398. The standard InChI is InChI=1S/C14H8INO2/c15-13-4-2-1-3-12(13)14(17)18-11-7-5-10(9-16)6-8-11/h1-8H. The maximum absolute atomic E-state index is 11.9. The first kappa shape index (κ1) is 12.6. The fraction of sp³-hybridized carbons (Fsp3) is 0. The molecule has 0 amide bonds. The van der Waals surface area contributed by atoms with Crippen LogP contribution in [0, 0.1) is 14.9 Å². The van der Waals surface area contributed by atoms with Gasteiger partial charge in [-0.15, -0.1) is 0 Å². The number of esters is 1. The Hall–Kier alpha value is -1.87. The lowest BCUT2D eigenvalue weighted by atomic mass is 10.2. The summed E-state index contributed by atoms with van der Waals surface area (Å²) in [6.07, 6.45) is 0. The van der Waals surface area contributed by atoms with Gasteiger partial charge in [0.2, 0.25) is 0 Å². The van der Waals surface area contributed by atoms with Gasteiger partial charge in [-0.05, 0) is 59.0 Å². The number of halogens is 1. The molecule has 0 bridgehead atoms. The zero-order valence-electron chi connectivity index (χ0n) is 9.26. The molecule has 2 aromatic carbocycles. The number of hydrogen-bond acceptors (Lipinski definition) is 3. The van der Waals surface area contributed by atoms with Crippen molar-refractivity contribution in [2.45, 2.75) is 0 Å². The van der Waals surface area contributed by atoms with Crippen LogP contribution in [-0.4, -0.2) is 5.97 Å². The number of carbonyl (C=O) groups is 1. The van der Waals surface area contributed by atoms with Gasteiger partial charge in [-0.2, -0.15) is 5.26 Å². The van der Waals surface area contributed by atoms with Crippen LogP contribution in [0.3, 0.4) is 0 Å². The monoisotopic (exact) mass is 349 g/mol. The highest BCUT2D eigenvalue weighted by atomic mass is 127. The topological polar surface area (TPSA) is 50.1 Å². The van der Waals surface area contributed by atoms with Crippen LogP contribution in [0.25, 0.3) is 0 Å². The van der Waals surface area contributed by atoms with Crippen LogP contribution in [0.1, 0.15) is 15.9 Å². The molecule has 0 saturated carbocycles. The fourth-order valence-electron chi connectivity index (χ4n) is 1.39. The Kier molecular flexibility index (Phi) is 3.95. The summed E-state index contributed by atoms with van der Waals surface area (Å²) >= 11 is 2.09. The third kappa shape index (κ3) is 2.87. The second-order valence-corrected chi connectivity index (χ2v) is 4.67. The number of ether oxygens (including phenoxy) is 1. The summed E-state index contributed by atoms with van der Waals surface area (Å²) in [7, 11) is 0. The van der Waals surface area contributed by atoms with Crippen molar-refractivity contribution in [3.63, 3.8) is 0 Å². The summed E-state index contributed by atoms with van der Waals surface area (Å²) < 4.78 is 6.07. The van der Waals surface area contributed by atoms with Crippen molar-refractivity contribution in [2.24, 2.45) is 0 Å². The quantitative estimate of drug-likeness (QED) is 0.475. The lowest BCUT2D eigenvalue weighted by Gasteiger charge is -2.05. The number of benzene rings is 2. The predicted molar refractivity (Wildman–Crippen MR) is 75.3 cm³/mol. The van der Waals surface area contributed by atoms with Crippen LogP contribution in [-0.2, 0) is 0 Å². The van der Waals surface area contributed by atoms with Crippen LogP contribution < -0.4 is 4.74 Å². The molecule has 0 heterocycles. The van der Waals surface area contributed by atoms with E-state index >= 15 is 0 Å². The van der Waals surface area contributed by atoms with E-state index in [1.54, 1.807) is 36.4 Å². The summed E-state index contributed by atoms with van der Waals surface area (Å²) in [5.41, 5.74) is 1.06. The van der Waals surface area contributed by atoms with E-state index in [4.69, 9.17) is 10.00 Å². The van der Waals surface area contributed by atoms with Crippen molar-refractivity contribution in [3.8, 4) is 11.8 Å². The van der Waals surface area contributed by atoms with Crippen molar-refractivity contribution in [1.29, 1.82) is 5.26 Å². The number of rotatable bonds is 2. The summed E-state index contributed by atoms with van der Waals surface area (Å²) in [5, 5.41) is 8.67. The Morgan fingerprint density at radius 2 is 1.78 bits per heavy atom. The van der Waals surface area contributed by atoms with Gasteiger partial charge in [-0.1, -0.05) is 12.1 Å². The maximum atomic E-state index is 11.9. The Morgan fingerprint density at radius 3 is 2.39 bits per heavy atom. The van der Waals surface area contributed by atoms with Gasteiger partial charge in [0.1, 0.15) is 5.75 Å². The summed E-state index contributed by atoms with van der Waals surface area (Å²) in [5.74, 6) is 0.0309. The molecule has 0 aromatic heterocycles. The molecule has 2 rings (SSSR count). The highest BCUT2D eigenvalue weighted by Gasteiger charge is 2.11. The maximum Gasteiger partial charge on any atom is 0.344 e. The molecule has 0 N–H and O–H groups in total. The first-order chi connectivity index (χ1) is 8.70. The molecule has 0 saturated heterocycles. The Morgan fingerprint density at radius 1 is 1.11 bits per heavy atom. The molecule has 3 nitrogen and oxygen atoms in total. The molecule has 0 radical (unpaired) electrons. The van der Waals surface area contributed by atoms with Crippen molar-refractivity contribution in [3.05, 3.63) is 63.2 Å². The van der Waals surface area contributed by atoms with Gasteiger partial charge < -0.3 is 4.74 Å². The van der Waals surface area contributed by atoms with E-state index in [0.29, 0.717) is 16.9 Å². The van der Waals surface area contributed by atoms with Gasteiger partial charge in [-0.3, -0.25) is 0 Å². The zero-order chi connectivity index (χ0) is 13.0. The van der Waals surface area contributed by atoms with Crippen molar-refractivity contribution >= 4 is 28.6 Å². The molecular formula is C14H8INO2. The Labute approximate surface area is 118 Å². The normalized spacial score (nSPS) is 9.56. The van der Waals surface area contributed by atoms with Crippen LogP contribution in [0.15, 0.2) is 48.5 Å². The third-order valence-electron chi connectivity index (χ3n) is 2.29. The molecule has 0 aliphatic heterocycles. The first-order valence-electron chi connectivity index (χ1n) is 5.17. The summed E-state index contributed by atoms with van der Waals surface area (Å²) in [4.78, 5) is 11.9. The Bertz CT molecular complexity index is 614. The molecule has 18 heavy (non-hydrogen) atoms. The molecule has 0 atom stereocenters. The van der Waals surface area contributed by atoms with E-state index in [9.17, 15) is 4.79 Å². The highest BCUT2D eigenvalue weighted by molar-refractivity contribution is 14.1. The van der Waals surface area contributed by atoms with E-state index < -0.39 is 5.97 Å². The van der Waals surface area contributed by atoms with E-state index in [-0.39, 0.29) is 0 Å². The second kappa shape index (κ2) is 5.65. The fourth-order valence-corrected chi connectivity index (χ4v) is 1.99. The Balaban J connectivity index is 2.17. The van der Waals surface area contributed by atoms with Gasteiger partial charge in [0.05, 0.1) is 17.2 Å². The number of hydrogen-bond donors (Lipinski definition) is 0. The van der Waals surface area contributed by atoms with Crippen LogP contribution in [0.4, 0.5) is 0 Å². The molecule has 4 heteroatoms. The molecule has 88 valence electrons. The lowest BCUT2D eigenvalue weighted by Crippen LogP contribution is -2.10. The third-order valence-corrected chi connectivity index (χ3v) is 3.23.